The normalized spacial score (nSPS) is 11.7. The van der Waals surface area contributed by atoms with Crippen molar-refractivity contribution in [2.24, 2.45) is 11.5 Å². The van der Waals surface area contributed by atoms with Gasteiger partial charge in [-0.1, -0.05) is 0 Å². The van der Waals surface area contributed by atoms with Crippen LogP contribution in [0.25, 0.3) is 0 Å². The molecule has 0 aliphatic carbocycles. The summed E-state index contributed by atoms with van der Waals surface area (Å²) in [6.45, 7) is 2.17. The van der Waals surface area contributed by atoms with Crippen LogP contribution in [0.2, 0.25) is 0 Å². The fraction of sp³-hybridized carbons (Fsp3) is 0.600. The molecule has 0 unspecified atom stereocenters. The van der Waals surface area contributed by atoms with Gasteiger partial charge in [-0.2, -0.15) is 0 Å². The lowest BCUT2D eigenvalue weighted by molar-refractivity contribution is -0.161. The van der Waals surface area contributed by atoms with E-state index in [-0.39, 0.29) is 19.6 Å². The summed E-state index contributed by atoms with van der Waals surface area (Å²) >= 11 is 0. The third-order valence-electron chi connectivity index (χ3n) is 3.08. The zero-order chi connectivity index (χ0) is 21.1. The molecule has 1 atom stereocenters. The van der Waals surface area contributed by atoms with Gasteiger partial charge in [0.25, 0.3) is 0 Å². The Morgan fingerprint density at radius 1 is 0.778 bits per heavy atom. The van der Waals surface area contributed by atoms with Crippen LogP contribution in [0.4, 0.5) is 0 Å². The van der Waals surface area contributed by atoms with Gasteiger partial charge < -0.3 is 20.9 Å². The van der Waals surface area contributed by atoms with Crippen molar-refractivity contribution in [1.29, 1.82) is 0 Å². The second-order valence-electron chi connectivity index (χ2n) is 5.79. The number of hydrogen-bond acceptors (Lipinski definition) is 10. The fourth-order valence-electron chi connectivity index (χ4n) is 2.20. The highest BCUT2D eigenvalue weighted by molar-refractivity contribution is 5.86. The van der Waals surface area contributed by atoms with E-state index in [0.717, 1.165) is 13.8 Å². The summed E-state index contributed by atoms with van der Waals surface area (Å²) in [5.41, 5.74) is 10.3. The number of ether oxygens (including phenoxy) is 2. The van der Waals surface area contributed by atoms with Crippen molar-refractivity contribution in [2.45, 2.75) is 26.8 Å². The Morgan fingerprint density at radius 3 is 1.63 bits per heavy atom. The minimum atomic E-state index is -0.895. The molecule has 0 aliphatic rings. The summed E-state index contributed by atoms with van der Waals surface area (Å²) in [4.78, 5) is 70.0. The fourth-order valence-corrected chi connectivity index (χ4v) is 2.20. The van der Waals surface area contributed by atoms with E-state index in [1.54, 1.807) is 6.92 Å². The predicted octanol–water partition coefficient (Wildman–Crippen LogP) is -2.87. The zero-order valence-electron chi connectivity index (χ0n) is 15.4. The van der Waals surface area contributed by atoms with E-state index in [2.05, 4.69) is 9.47 Å². The number of amides is 2. The molecule has 4 N–H and O–H groups in total. The van der Waals surface area contributed by atoms with Crippen molar-refractivity contribution in [3.8, 4) is 0 Å². The molecule has 0 spiro atoms. The minimum Gasteiger partial charge on any atom is -0.392 e. The van der Waals surface area contributed by atoms with Gasteiger partial charge in [-0.05, 0) is 6.92 Å². The van der Waals surface area contributed by atoms with Crippen LogP contribution in [0, 0.1) is 0 Å². The van der Waals surface area contributed by atoms with Gasteiger partial charge in [-0.3, -0.25) is 38.6 Å². The standard InChI is InChI=1S/C15H24N4O8/c1-9(19(6-13(17)23)8-15(25)27-11(3)21)4-18(5-12(16)22)7-14(24)26-10(2)20/h9H,4-8H2,1-3H3,(H2,16,22)(H2,17,23)/t9-/m1/s1. The number of nitrogens with two attached hydrogens (primary N) is 2. The quantitative estimate of drug-likeness (QED) is 0.276. The Morgan fingerprint density at radius 2 is 1.22 bits per heavy atom. The van der Waals surface area contributed by atoms with E-state index in [1.807, 2.05) is 0 Å². The van der Waals surface area contributed by atoms with Gasteiger partial charge in [-0.15, -0.1) is 0 Å². The summed E-state index contributed by atoms with van der Waals surface area (Å²) in [7, 11) is 0. The van der Waals surface area contributed by atoms with Crippen molar-refractivity contribution >= 4 is 35.7 Å². The first-order valence-corrected chi connectivity index (χ1v) is 7.86. The Labute approximate surface area is 155 Å². The van der Waals surface area contributed by atoms with Crippen LogP contribution < -0.4 is 11.5 Å². The van der Waals surface area contributed by atoms with Crippen LogP contribution in [0.3, 0.4) is 0 Å². The van der Waals surface area contributed by atoms with E-state index < -0.39 is 54.8 Å². The first kappa shape index (κ1) is 24.1. The first-order chi connectivity index (χ1) is 12.4. The zero-order valence-corrected chi connectivity index (χ0v) is 15.4. The summed E-state index contributed by atoms with van der Waals surface area (Å²) in [6, 6.07) is -0.582. The number of esters is 4. The highest BCUT2D eigenvalue weighted by Crippen LogP contribution is 2.04. The third-order valence-corrected chi connectivity index (χ3v) is 3.08. The van der Waals surface area contributed by atoms with E-state index >= 15 is 0 Å². The van der Waals surface area contributed by atoms with Crippen LogP contribution in [0.15, 0.2) is 0 Å². The van der Waals surface area contributed by atoms with E-state index in [0.29, 0.717) is 0 Å². The van der Waals surface area contributed by atoms with Crippen LogP contribution >= 0.6 is 0 Å². The van der Waals surface area contributed by atoms with Gasteiger partial charge in [0, 0.05) is 26.4 Å². The molecule has 0 aliphatic heterocycles. The van der Waals surface area contributed by atoms with Gasteiger partial charge >= 0.3 is 23.9 Å². The molecule has 0 radical (unpaired) electrons. The van der Waals surface area contributed by atoms with Gasteiger partial charge in [0.15, 0.2) is 0 Å². The molecule has 0 fully saturated rings. The maximum atomic E-state index is 11.7. The van der Waals surface area contributed by atoms with E-state index in [9.17, 15) is 28.8 Å². The largest absolute Gasteiger partial charge is 0.392 e. The van der Waals surface area contributed by atoms with Crippen LogP contribution in [0.5, 0.6) is 0 Å². The number of carbonyl (C=O) groups is 6. The average molecular weight is 388 g/mol. The number of hydrogen-bond donors (Lipinski definition) is 2. The minimum absolute atomic E-state index is 0.00340. The van der Waals surface area contributed by atoms with E-state index in [1.165, 1.54) is 9.80 Å². The van der Waals surface area contributed by atoms with Crippen molar-refractivity contribution in [2.75, 3.05) is 32.7 Å². The maximum absolute atomic E-state index is 11.7. The topological polar surface area (TPSA) is 179 Å². The molecule has 0 aromatic heterocycles. The molecule has 2 amide bonds. The molecule has 0 aromatic carbocycles. The predicted molar refractivity (Wildman–Crippen MR) is 89.4 cm³/mol. The molecule has 0 saturated carbocycles. The van der Waals surface area contributed by atoms with Crippen molar-refractivity contribution in [3.05, 3.63) is 0 Å². The number of primary amides is 2. The average Bonchev–Trinajstić information content (AvgIpc) is 2.42. The Kier molecular flexibility index (Phi) is 10.5. The second kappa shape index (κ2) is 11.7. The molecule has 12 nitrogen and oxygen atoms in total. The third kappa shape index (κ3) is 12.2. The SMILES string of the molecule is CC(=O)OC(=O)CN(CC(N)=O)C[C@@H](C)N(CC(N)=O)CC(=O)OC(C)=O. The lowest BCUT2D eigenvalue weighted by Crippen LogP contribution is -2.50. The number of carbonyl (C=O) groups excluding carboxylic acids is 6. The number of rotatable bonds is 11. The van der Waals surface area contributed by atoms with E-state index in [4.69, 9.17) is 11.5 Å². The second-order valence-corrected chi connectivity index (χ2v) is 5.79. The molecule has 0 aromatic rings. The van der Waals surface area contributed by atoms with Crippen molar-refractivity contribution < 1.29 is 38.2 Å². The molecule has 0 saturated heterocycles. The van der Waals surface area contributed by atoms with Gasteiger partial charge in [0.1, 0.15) is 0 Å². The highest BCUT2D eigenvalue weighted by atomic mass is 16.6. The highest BCUT2D eigenvalue weighted by Gasteiger charge is 2.25. The molecule has 27 heavy (non-hydrogen) atoms. The molecule has 0 heterocycles. The maximum Gasteiger partial charge on any atom is 0.327 e. The van der Waals surface area contributed by atoms with Crippen LogP contribution in [-0.4, -0.2) is 84.3 Å². The van der Waals surface area contributed by atoms with Gasteiger partial charge in [-0.25, -0.2) is 0 Å². The molecule has 152 valence electrons. The Hall–Kier alpha value is -2.86. The molecular formula is C15H24N4O8. The molecule has 0 bridgehead atoms. The summed E-state index contributed by atoms with van der Waals surface area (Å²) in [5, 5.41) is 0. The lowest BCUT2D eigenvalue weighted by Gasteiger charge is -2.31. The number of nitrogens with zero attached hydrogens (tertiary/aromatic N) is 2. The molecule has 12 heteroatoms. The summed E-state index contributed by atoms with van der Waals surface area (Å²) in [5.74, 6) is -4.89. The summed E-state index contributed by atoms with van der Waals surface area (Å²) < 4.78 is 8.83. The lowest BCUT2D eigenvalue weighted by atomic mass is 10.2. The van der Waals surface area contributed by atoms with Gasteiger partial charge in [0.05, 0.1) is 26.2 Å². The monoisotopic (exact) mass is 388 g/mol. The summed E-state index contributed by atoms with van der Waals surface area (Å²) in [6.07, 6.45) is 0. The van der Waals surface area contributed by atoms with Crippen molar-refractivity contribution in [1.82, 2.24) is 9.80 Å². The van der Waals surface area contributed by atoms with Gasteiger partial charge in [0.2, 0.25) is 11.8 Å². The van der Waals surface area contributed by atoms with Crippen molar-refractivity contribution in [3.63, 3.8) is 0 Å². The van der Waals surface area contributed by atoms with Crippen LogP contribution in [0.1, 0.15) is 20.8 Å². The molecular weight excluding hydrogens is 364 g/mol. The molecule has 0 rings (SSSR count). The first-order valence-electron chi connectivity index (χ1n) is 7.86. The Bertz CT molecular complexity index is 607. The Balaban J connectivity index is 5.12. The smallest absolute Gasteiger partial charge is 0.327 e. The van der Waals surface area contributed by atoms with Crippen LogP contribution in [-0.2, 0) is 38.2 Å².